The molecule has 4 nitrogen and oxygen atoms in total. The number of nitrogens with two attached hydrogens (primary N) is 1. The Bertz CT molecular complexity index is 777. The third-order valence-corrected chi connectivity index (χ3v) is 2.93. The average Bonchev–Trinajstić information content (AvgIpc) is 2.86. The van der Waals surface area contributed by atoms with Crippen molar-refractivity contribution in [2.45, 2.75) is 6.18 Å². The summed E-state index contributed by atoms with van der Waals surface area (Å²) in [6, 6.07) is 6.85. The van der Waals surface area contributed by atoms with Gasteiger partial charge in [0.2, 0.25) is 0 Å². The fraction of sp³-hybridized carbons (Fsp3) is 0.0769. The van der Waals surface area contributed by atoms with E-state index in [1.807, 2.05) is 0 Å². The van der Waals surface area contributed by atoms with Crippen molar-refractivity contribution in [2.75, 3.05) is 5.73 Å². The van der Waals surface area contributed by atoms with Gasteiger partial charge in [-0.05, 0) is 6.07 Å². The second-order valence-corrected chi connectivity index (χ2v) is 4.21. The summed E-state index contributed by atoms with van der Waals surface area (Å²) in [6.07, 6.45) is -1.67. The molecule has 0 aliphatic heterocycles. The van der Waals surface area contributed by atoms with Crippen molar-refractivity contribution in [3.63, 3.8) is 0 Å². The van der Waals surface area contributed by atoms with Crippen molar-refractivity contribution in [3.05, 3.63) is 48.3 Å². The van der Waals surface area contributed by atoms with E-state index in [1.165, 1.54) is 35.1 Å². The van der Waals surface area contributed by atoms with Crippen LogP contribution in [0.1, 0.15) is 5.56 Å². The van der Waals surface area contributed by atoms with Crippen molar-refractivity contribution >= 4 is 11.3 Å². The molecule has 3 rings (SSSR count). The fourth-order valence-electron chi connectivity index (χ4n) is 2.09. The van der Waals surface area contributed by atoms with Crippen LogP contribution in [0.2, 0.25) is 0 Å². The smallest absolute Gasteiger partial charge is 0.396 e. The van der Waals surface area contributed by atoms with E-state index < -0.39 is 11.7 Å². The number of nitrogen functional groups attached to an aromatic ring is 1. The summed E-state index contributed by atoms with van der Waals surface area (Å²) < 4.78 is 40.6. The Labute approximate surface area is 111 Å². The summed E-state index contributed by atoms with van der Waals surface area (Å²) >= 11 is 0. The highest BCUT2D eigenvalue weighted by Gasteiger charge is 2.34. The maximum atomic E-state index is 13.1. The quantitative estimate of drug-likeness (QED) is 0.744. The number of hydrogen-bond acceptors (Lipinski definition) is 3. The van der Waals surface area contributed by atoms with Gasteiger partial charge in [0.1, 0.15) is 0 Å². The molecule has 0 atom stereocenters. The molecule has 1 aromatic carbocycles. The molecule has 0 saturated heterocycles. The molecule has 0 bridgehead atoms. The first-order valence-corrected chi connectivity index (χ1v) is 5.73. The van der Waals surface area contributed by atoms with Gasteiger partial charge in [-0.15, -0.1) is 0 Å². The van der Waals surface area contributed by atoms with E-state index in [0.29, 0.717) is 5.65 Å². The third kappa shape index (κ3) is 1.87. The Morgan fingerprint density at radius 3 is 2.60 bits per heavy atom. The number of hydrogen-bond donors (Lipinski definition) is 1. The lowest BCUT2D eigenvalue weighted by Gasteiger charge is -2.14. The van der Waals surface area contributed by atoms with Crippen LogP contribution in [-0.2, 0) is 6.18 Å². The van der Waals surface area contributed by atoms with Crippen molar-refractivity contribution in [3.8, 4) is 11.3 Å². The van der Waals surface area contributed by atoms with Crippen LogP contribution in [0.25, 0.3) is 16.9 Å². The highest BCUT2D eigenvalue weighted by Crippen LogP contribution is 2.38. The van der Waals surface area contributed by atoms with E-state index in [-0.39, 0.29) is 16.9 Å². The largest absolute Gasteiger partial charge is 0.417 e. The zero-order valence-corrected chi connectivity index (χ0v) is 10.1. The summed E-state index contributed by atoms with van der Waals surface area (Å²) in [4.78, 5) is 4.01. The normalized spacial score (nSPS) is 11.9. The minimum Gasteiger partial charge on any atom is -0.396 e. The molecule has 2 heterocycles. The molecule has 0 radical (unpaired) electrons. The summed E-state index contributed by atoms with van der Waals surface area (Å²) in [6.45, 7) is 0. The van der Waals surface area contributed by atoms with Crippen molar-refractivity contribution in [1.82, 2.24) is 14.6 Å². The van der Waals surface area contributed by atoms with Crippen LogP contribution in [0.5, 0.6) is 0 Å². The summed E-state index contributed by atoms with van der Waals surface area (Å²) in [5.41, 5.74) is 5.79. The molecule has 0 spiro atoms. The van der Waals surface area contributed by atoms with Crippen molar-refractivity contribution < 1.29 is 13.2 Å². The number of halogens is 3. The van der Waals surface area contributed by atoms with Crippen LogP contribution in [0, 0.1) is 0 Å². The molecule has 0 fully saturated rings. The molecular formula is C13H9F3N4. The van der Waals surface area contributed by atoms with Gasteiger partial charge in [-0.1, -0.05) is 18.2 Å². The standard InChI is InChI=1S/C13H9F3N4/c14-13(15,16)9-4-2-1-3-8(9)12-10(17)7-18-11-5-6-19-20(11)12/h1-7H,17H2. The van der Waals surface area contributed by atoms with Gasteiger partial charge in [0.05, 0.1) is 29.3 Å². The van der Waals surface area contributed by atoms with Gasteiger partial charge in [0.25, 0.3) is 0 Å². The van der Waals surface area contributed by atoms with E-state index in [4.69, 9.17) is 5.73 Å². The topological polar surface area (TPSA) is 56.2 Å². The Balaban J connectivity index is 2.37. The van der Waals surface area contributed by atoms with Gasteiger partial charge in [0, 0.05) is 11.6 Å². The van der Waals surface area contributed by atoms with Crippen LogP contribution >= 0.6 is 0 Å². The van der Waals surface area contributed by atoms with Gasteiger partial charge in [0.15, 0.2) is 5.65 Å². The maximum Gasteiger partial charge on any atom is 0.417 e. The number of aromatic nitrogens is 3. The molecule has 0 aliphatic rings. The predicted molar refractivity (Wildman–Crippen MR) is 67.8 cm³/mol. The van der Waals surface area contributed by atoms with E-state index in [2.05, 4.69) is 10.1 Å². The molecule has 2 N–H and O–H groups in total. The van der Waals surface area contributed by atoms with Crippen molar-refractivity contribution in [2.24, 2.45) is 0 Å². The highest BCUT2D eigenvalue weighted by molar-refractivity contribution is 5.77. The molecular weight excluding hydrogens is 269 g/mol. The monoisotopic (exact) mass is 278 g/mol. The molecule has 0 amide bonds. The molecule has 0 aliphatic carbocycles. The van der Waals surface area contributed by atoms with Crippen LogP contribution < -0.4 is 5.73 Å². The second-order valence-electron chi connectivity index (χ2n) is 4.21. The van der Waals surface area contributed by atoms with Gasteiger partial charge in [-0.3, -0.25) is 0 Å². The number of fused-ring (bicyclic) bond motifs is 1. The lowest BCUT2D eigenvalue weighted by atomic mass is 10.0. The van der Waals surface area contributed by atoms with Gasteiger partial charge in [-0.2, -0.15) is 18.3 Å². The van der Waals surface area contributed by atoms with Crippen LogP contribution in [0.15, 0.2) is 42.7 Å². The minimum absolute atomic E-state index is 0.0198. The number of rotatable bonds is 1. The van der Waals surface area contributed by atoms with E-state index in [9.17, 15) is 13.2 Å². The highest BCUT2D eigenvalue weighted by atomic mass is 19.4. The van der Waals surface area contributed by atoms with E-state index in [1.54, 1.807) is 6.07 Å². The molecule has 0 saturated carbocycles. The first-order chi connectivity index (χ1) is 9.48. The van der Waals surface area contributed by atoms with Crippen LogP contribution in [0.3, 0.4) is 0 Å². The molecule has 7 heteroatoms. The average molecular weight is 278 g/mol. The van der Waals surface area contributed by atoms with Crippen LogP contribution in [0.4, 0.5) is 18.9 Å². The first-order valence-electron chi connectivity index (χ1n) is 5.73. The summed E-state index contributed by atoms with van der Waals surface area (Å²) in [7, 11) is 0. The first kappa shape index (κ1) is 12.5. The third-order valence-electron chi connectivity index (χ3n) is 2.93. The molecule has 2 aromatic heterocycles. The zero-order valence-electron chi connectivity index (χ0n) is 10.1. The van der Waals surface area contributed by atoms with Crippen LogP contribution in [-0.4, -0.2) is 14.6 Å². The van der Waals surface area contributed by atoms with Crippen molar-refractivity contribution in [1.29, 1.82) is 0 Å². The lowest BCUT2D eigenvalue weighted by Crippen LogP contribution is -2.10. The van der Waals surface area contributed by atoms with Gasteiger partial charge in [-0.25, -0.2) is 9.50 Å². The summed E-state index contributed by atoms with van der Waals surface area (Å²) in [5.74, 6) is 0. The van der Waals surface area contributed by atoms with Gasteiger partial charge >= 0.3 is 6.18 Å². The molecule has 0 unspecified atom stereocenters. The number of benzene rings is 1. The maximum absolute atomic E-state index is 13.1. The second kappa shape index (κ2) is 4.22. The van der Waals surface area contributed by atoms with E-state index >= 15 is 0 Å². The number of alkyl halides is 3. The Hall–Kier alpha value is -2.57. The zero-order chi connectivity index (χ0) is 14.3. The lowest BCUT2D eigenvalue weighted by molar-refractivity contribution is -0.137. The molecule has 102 valence electrons. The Morgan fingerprint density at radius 2 is 1.85 bits per heavy atom. The minimum atomic E-state index is -4.47. The predicted octanol–water partition coefficient (Wildman–Crippen LogP) is 3.00. The molecule has 3 aromatic rings. The fourth-order valence-corrected chi connectivity index (χ4v) is 2.09. The number of anilines is 1. The number of nitrogens with zero attached hydrogens (tertiary/aromatic N) is 3. The van der Waals surface area contributed by atoms with Gasteiger partial charge < -0.3 is 5.73 Å². The Kier molecular flexibility index (Phi) is 2.63. The van der Waals surface area contributed by atoms with E-state index in [0.717, 1.165) is 6.07 Å². The Morgan fingerprint density at radius 1 is 1.10 bits per heavy atom. The molecule has 20 heavy (non-hydrogen) atoms. The summed E-state index contributed by atoms with van der Waals surface area (Å²) in [5, 5.41) is 3.99. The SMILES string of the molecule is Nc1cnc2ccnn2c1-c1ccccc1C(F)(F)F.